The highest BCUT2D eigenvalue weighted by atomic mass is 35.5. The predicted octanol–water partition coefficient (Wildman–Crippen LogP) is 2.07. The van der Waals surface area contributed by atoms with Crippen molar-refractivity contribution in [2.75, 3.05) is 0 Å². The van der Waals surface area contributed by atoms with Crippen LogP contribution in [0.25, 0.3) is 0 Å². The fourth-order valence-corrected chi connectivity index (χ4v) is 1.32. The summed E-state index contributed by atoms with van der Waals surface area (Å²) in [6, 6.07) is 5.28. The van der Waals surface area contributed by atoms with Gasteiger partial charge in [0.15, 0.2) is 0 Å². The number of carbonyl (C=O) groups is 1. The third-order valence-electron chi connectivity index (χ3n) is 2.00. The summed E-state index contributed by atoms with van der Waals surface area (Å²) in [6.45, 7) is 3.51. The zero-order valence-corrected chi connectivity index (χ0v) is 10.7. The van der Waals surface area contributed by atoms with Crippen molar-refractivity contribution >= 4 is 18.4 Å². The lowest BCUT2D eigenvalue weighted by molar-refractivity contribution is -0.148. The summed E-state index contributed by atoms with van der Waals surface area (Å²) >= 11 is 0. The van der Waals surface area contributed by atoms with Crippen LogP contribution < -0.4 is 5.73 Å². The summed E-state index contributed by atoms with van der Waals surface area (Å²) < 4.78 is 17.8. The zero-order valence-electron chi connectivity index (χ0n) is 9.85. The maximum Gasteiger partial charge on any atom is 0.323 e. The lowest BCUT2D eigenvalue weighted by atomic mass is 10.1. The molecule has 0 unspecified atom stereocenters. The Labute approximate surface area is 107 Å². The number of rotatable bonds is 4. The average Bonchev–Trinajstić information content (AvgIpc) is 2.16. The quantitative estimate of drug-likeness (QED) is 0.845. The molecule has 5 heteroatoms. The Balaban J connectivity index is 0.00000256. The van der Waals surface area contributed by atoms with Crippen molar-refractivity contribution in [3.8, 4) is 0 Å². The maximum atomic E-state index is 12.9. The maximum absolute atomic E-state index is 12.9. The van der Waals surface area contributed by atoms with Crippen LogP contribution in [0.1, 0.15) is 19.4 Å². The van der Waals surface area contributed by atoms with Crippen molar-refractivity contribution in [3.05, 3.63) is 35.6 Å². The lowest BCUT2D eigenvalue weighted by Gasteiger charge is -2.13. The van der Waals surface area contributed by atoms with Gasteiger partial charge in [-0.05, 0) is 38.0 Å². The predicted molar refractivity (Wildman–Crippen MR) is 66.6 cm³/mol. The molecule has 96 valence electrons. The molecular formula is C12H17ClFNO2. The van der Waals surface area contributed by atoms with Crippen molar-refractivity contribution in [2.45, 2.75) is 32.4 Å². The van der Waals surface area contributed by atoms with Gasteiger partial charge in [0.2, 0.25) is 0 Å². The second-order valence-electron chi connectivity index (χ2n) is 3.93. The van der Waals surface area contributed by atoms with E-state index >= 15 is 0 Å². The second-order valence-corrected chi connectivity index (χ2v) is 3.93. The minimum atomic E-state index is -0.746. The molecule has 0 fully saturated rings. The molecule has 17 heavy (non-hydrogen) atoms. The van der Waals surface area contributed by atoms with Gasteiger partial charge in [-0.3, -0.25) is 4.79 Å². The number of hydrogen-bond acceptors (Lipinski definition) is 3. The van der Waals surface area contributed by atoms with Gasteiger partial charge in [0, 0.05) is 0 Å². The van der Waals surface area contributed by atoms with Gasteiger partial charge in [-0.25, -0.2) is 4.39 Å². The van der Waals surface area contributed by atoms with Crippen LogP contribution in [0.4, 0.5) is 4.39 Å². The number of nitrogens with two attached hydrogens (primary N) is 1. The summed E-state index contributed by atoms with van der Waals surface area (Å²) in [7, 11) is 0. The average molecular weight is 262 g/mol. The molecule has 0 bridgehead atoms. The summed E-state index contributed by atoms with van der Waals surface area (Å²) in [4.78, 5) is 11.4. The molecule has 0 aromatic heterocycles. The van der Waals surface area contributed by atoms with E-state index in [0.29, 0.717) is 5.56 Å². The van der Waals surface area contributed by atoms with Gasteiger partial charge in [-0.2, -0.15) is 0 Å². The SMILES string of the molecule is CC(C)OC(=O)[C@@H](N)Cc1cccc(F)c1.Cl. The highest BCUT2D eigenvalue weighted by Crippen LogP contribution is 2.07. The molecule has 1 aromatic carbocycles. The summed E-state index contributed by atoms with van der Waals surface area (Å²) in [5, 5.41) is 0. The second kappa shape index (κ2) is 7.25. The Morgan fingerprint density at radius 1 is 1.47 bits per heavy atom. The van der Waals surface area contributed by atoms with Crippen molar-refractivity contribution in [3.63, 3.8) is 0 Å². The van der Waals surface area contributed by atoms with Gasteiger partial charge < -0.3 is 10.5 Å². The Kier molecular flexibility index (Phi) is 6.76. The summed E-state index contributed by atoms with van der Waals surface area (Å²) in [6.07, 6.45) is 0.0922. The van der Waals surface area contributed by atoms with Crippen LogP contribution in [0.15, 0.2) is 24.3 Å². The molecule has 0 spiro atoms. The molecule has 0 aliphatic rings. The fourth-order valence-electron chi connectivity index (χ4n) is 1.32. The zero-order chi connectivity index (χ0) is 12.1. The van der Waals surface area contributed by atoms with Crippen LogP contribution in [-0.2, 0) is 16.0 Å². The molecule has 0 saturated carbocycles. The first-order valence-electron chi connectivity index (χ1n) is 5.19. The molecule has 0 saturated heterocycles. The summed E-state index contributed by atoms with van der Waals surface area (Å²) in [5.74, 6) is -0.791. The minimum absolute atomic E-state index is 0. The van der Waals surface area contributed by atoms with Gasteiger partial charge in [0.1, 0.15) is 11.9 Å². The van der Waals surface area contributed by atoms with E-state index in [1.807, 2.05) is 0 Å². The Bertz CT molecular complexity index is 371. The Hall–Kier alpha value is -1.13. The molecule has 0 aliphatic heterocycles. The number of hydrogen-bond donors (Lipinski definition) is 1. The number of esters is 1. The van der Waals surface area contributed by atoms with Crippen LogP contribution in [0, 0.1) is 5.82 Å². The fraction of sp³-hybridized carbons (Fsp3) is 0.417. The minimum Gasteiger partial charge on any atom is -0.462 e. The standard InChI is InChI=1S/C12H16FNO2.ClH/c1-8(2)16-12(15)11(14)7-9-4-3-5-10(13)6-9;/h3-6,8,11H,7,14H2,1-2H3;1H/t11-;/m0./s1. The Morgan fingerprint density at radius 2 is 2.12 bits per heavy atom. The van der Waals surface area contributed by atoms with Crippen molar-refractivity contribution in [1.29, 1.82) is 0 Å². The molecule has 0 amide bonds. The van der Waals surface area contributed by atoms with E-state index in [9.17, 15) is 9.18 Å². The smallest absolute Gasteiger partial charge is 0.323 e. The van der Waals surface area contributed by atoms with Crippen molar-refractivity contribution < 1.29 is 13.9 Å². The normalized spacial score (nSPS) is 11.8. The number of benzene rings is 1. The molecule has 0 aliphatic carbocycles. The van der Waals surface area contributed by atoms with Gasteiger partial charge >= 0.3 is 5.97 Å². The van der Waals surface area contributed by atoms with E-state index in [-0.39, 0.29) is 30.7 Å². The topological polar surface area (TPSA) is 52.3 Å². The molecular weight excluding hydrogens is 245 g/mol. The number of ether oxygens (including phenoxy) is 1. The van der Waals surface area contributed by atoms with Gasteiger partial charge in [0.05, 0.1) is 6.10 Å². The molecule has 0 heterocycles. The van der Waals surface area contributed by atoms with Crippen LogP contribution in [0.5, 0.6) is 0 Å². The van der Waals surface area contributed by atoms with E-state index in [0.717, 1.165) is 0 Å². The van der Waals surface area contributed by atoms with E-state index in [2.05, 4.69) is 0 Å². The first kappa shape index (κ1) is 15.9. The lowest BCUT2D eigenvalue weighted by Crippen LogP contribution is -2.35. The van der Waals surface area contributed by atoms with Crippen LogP contribution in [0.2, 0.25) is 0 Å². The van der Waals surface area contributed by atoms with Crippen LogP contribution in [-0.4, -0.2) is 18.1 Å². The molecule has 1 atom stereocenters. The molecule has 0 radical (unpaired) electrons. The van der Waals surface area contributed by atoms with Crippen LogP contribution in [0.3, 0.4) is 0 Å². The van der Waals surface area contributed by atoms with E-state index in [1.165, 1.54) is 12.1 Å². The van der Waals surface area contributed by atoms with Crippen LogP contribution >= 0.6 is 12.4 Å². The number of halogens is 2. The number of carbonyl (C=O) groups excluding carboxylic acids is 1. The first-order valence-corrected chi connectivity index (χ1v) is 5.19. The highest BCUT2D eigenvalue weighted by Gasteiger charge is 2.16. The van der Waals surface area contributed by atoms with Gasteiger partial charge in [-0.1, -0.05) is 12.1 Å². The molecule has 1 rings (SSSR count). The third kappa shape index (κ3) is 5.65. The first-order chi connectivity index (χ1) is 7.49. The van der Waals surface area contributed by atoms with E-state index in [4.69, 9.17) is 10.5 Å². The van der Waals surface area contributed by atoms with Gasteiger partial charge in [-0.15, -0.1) is 12.4 Å². The third-order valence-corrected chi connectivity index (χ3v) is 2.00. The monoisotopic (exact) mass is 261 g/mol. The van der Waals surface area contributed by atoms with E-state index < -0.39 is 12.0 Å². The van der Waals surface area contributed by atoms with Crippen molar-refractivity contribution in [1.82, 2.24) is 0 Å². The molecule has 1 aromatic rings. The largest absolute Gasteiger partial charge is 0.462 e. The molecule has 3 nitrogen and oxygen atoms in total. The Morgan fingerprint density at radius 3 is 2.65 bits per heavy atom. The van der Waals surface area contributed by atoms with Gasteiger partial charge in [0.25, 0.3) is 0 Å². The molecule has 2 N–H and O–H groups in total. The summed E-state index contributed by atoms with van der Waals surface area (Å²) in [5.41, 5.74) is 6.34. The van der Waals surface area contributed by atoms with Crippen molar-refractivity contribution in [2.24, 2.45) is 5.73 Å². The van der Waals surface area contributed by atoms with E-state index in [1.54, 1.807) is 26.0 Å². The highest BCUT2D eigenvalue weighted by molar-refractivity contribution is 5.85.